The van der Waals surface area contributed by atoms with Crippen molar-refractivity contribution < 1.29 is 0 Å². The van der Waals surface area contributed by atoms with Gasteiger partial charge in [-0.05, 0) is 27.3 Å². The fourth-order valence-corrected chi connectivity index (χ4v) is 0. The maximum absolute atomic E-state index is 5.53. The van der Waals surface area contributed by atoms with Crippen molar-refractivity contribution in [3.8, 4) is 0 Å². The Hall–Kier alpha value is -0.0800. The summed E-state index contributed by atoms with van der Waals surface area (Å²) in [6.07, 6.45) is 1.05. The van der Waals surface area contributed by atoms with E-state index in [9.17, 15) is 0 Å². The van der Waals surface area contributed by atoms with Crippen LogP contribution in [0.2, 0.25) is 0 Å². The first kappa shape index (κ1) is 13.5. The molecule has 0 aromatic heterocycles. The van der Waals surface area contributed by atoms with E-state index >= 15 is 0 Å². The number of nitrogens with two attached hydrogens (primary N) is 1. The molecule has 0 heterocycles. The summed E-state index contributed by atoms with van der Waals surface area (Å²) in [5.41, 5.74) is 5.58. The van der Waals surface area contributed by atoms with Gasteiger partial charge in [0.05, 0.1) is 0 Å². The minimum atomic E-state index is 0.0417. The highest BCUT2D eigenvalue weighted by Crippen LogP contribution is 1.99. The van der Waals surface area contributed by atoms with E-state index in [1.54, 1.807) is 0 Å². The number of rotatable bonds is 2. The lowest BCUT2D eigenvalue weighted by Gasteiger charge is -2.13. The van der Waals surface area contributed by atoms with Gasteiger partial charge in [0.1, 0.15) is 0 Å². The van der Waals surface area contributed by atoms with Gasteiger partial charge in [-0.25, -0.2) is 0 Å². The normalized spacial score (nSPS) is 10.9. The van der Waals surface area contributed by atoms with E-state index in [2.05, 4.69) is 26.1 Å². The molecule has 0 fully saturated rings. The van der Waals surface area contributed by atoms with E-state index in [-0.39, 0.29) is 5.54 Å². The minimum absolute atomic E-state index is 0.0417. The van der Waals surface area contributed by atoms with E-state index in [1.807, 2.05) is 20.9 Å². The average Bonchev–Trinajstić information content (AvgIpc) is 1.88. The summed E-state index contributed by atoms with van der Waals surface area (Å²) >= 11 is 0. The molecular weight excluding hydrogens is 136 g/mol. The van der Waals surface area contributed by atoms with Gasteiger partial charge in [0.15, 0.2) is 0 Å². The largest absolute Gasteiger partial charge is 0.326 e. The first-order chi connectivity index (χ1) is 4.83. The molecule has 0 saturated heterocycles. The Kier molecular flexibility index (Phi) is 8.13. The second kappa shape index (κ2) is 6.62. The van der Waals surface area contributed by atoms with Crippen LogP contribution in [0.15, 0.2) is 0 Å². The lowest BCUT2D eigenvalue weighted by molar-refractivity contribution is 0.501. The monoisotopic (exact) mass is 160 g/mol. The highest BCUT2D eigenvalue weighted by Gasteiger charge is 2.03. The van der Waals surface area contributed by atoms with Crippen molar-refractivity contribution >= 4 is 0 Å². The lowest BCUT2D eigenvalue weighted by atomic mass is 10.1. The molecule has 0 aromatic rings. The van der Waals surface area contributed by atoms with Gasteiger partial charge < -0.3 is 11.1 Å². The topological polar surface area (TPSA) is 38.0 Å². The van der Waals surface area contributed by atoms with Crippen LogP contribution in [0, 0.1) is 0 Å². The van der Waals surface area contributed by atoms with Gasteiger partial charge in [0.2, 0.25) is 0 Å². The van der Waals surface area contributed by atoms with E-state index in [4.69, 9.17) is 5.73 Å². The smallest absolute Gasteiger partial charge is 0.00944 e. The summed E-state index contributed by atoms with van der Waals surface area (Å²) in [7, 11) is 1.95. The van der Waals surface area contributed by atoms with Crippen LogP contribution < -0.4 is 11.1 Å². The summed E-state index contributed by atoms with van der Waals surface area (Å²) < 4.78 is 0. The summed E-state index contributed by atoms with van der Waals surface area (Å²) in [5.74, 6) is 0. The minimum Gasteiger partial charge on any atom is -0.326 e. The molecule has 0 amide bonds. The SMILES string of the molecule is CCC(C)(C)N.CNC(C)C. The molecule has 11 heavy (non-hydrogen) atoms. The second-order valence-corrected chi connectivity index (χ2v) is 3.79. The zero-order valence-electron chi connectivity index (χ0n) is 8.86. The van der Waals surface area contributed by atoms with Crippen molar-refractivity contribution in [3.05, 3.63) is 0 Å². The maximum Gasteiger partial charge on any atom is 0.00944 e. The number of hydrogen-bond acceptors (Lipinski definition) is 2. The number of nitrogens with one attached hydrogen (secondary N) is 1. The standard InChI is InChI=1S/C5H13N.C4H11N/c1-4-5(2,3)6;1-4(2)5-3/h4,6H2,1-3H3;4-5H,1-3H3. The molecule has 3 N–H and O–H groups in total. The maximum atomic E-state index is 5.53. The molecule has 0 bridgehead atoms. The molecule has 0 saturated carbocycles. The molecule has 70 valence electrons. The summed E-state index contributed by atoms with van der Waals surface area (Å²) in [6, 6.07) is 0.634. The van der Waals surface area contributed by atoms with Gasteiger partial charge in [0.25, 0.3) is 0 Å². The highest BCUT2D eigenvalue weighted by molar-refractivity contribution is 4.66. The number of hydrogen-bond donors (Lipinski definition) is 2. The second-order valence-electron chi connectivity index (χ2n) is 3.79. The van der Waals surface area contributed by atoms with Crippen LogP contribution in [0.1, 0.15) is 41.0 Å². The molecule has 0 atom stereocenters. The Labute approximate surface area is 71.6 Å². The molecule has 0 rings (SSSR count). The van der Waals surface area contributed by atoms with Crippen molar-refractivity contribution in [2.45, 2.75) is 52.6 Å². The molecule has 0 aliphatic heterocycles. The van der Waals surface area contributed by atoms with Gasteiger partial charge in [-0.15, -0.1) is 0 Å². The van der Waals surface area contributed by atoms with Gasteiger partial charge in [-0.1, -0.05) is 20.8 Å². The first-order valence-electron chi connectivity index (χ1n) is 4.29. The molecular formula is C9H24N2. The Morgan fingerprint density at radius 1 is 1.36 bits per heavy atom. The van der Waals surface area contributed by atoms with Crippen LogP contribution in [-0.2, 0) is 0 Å². The summed E-state index contributed by atoms with van der Waals surface area (Å²) in [6.45, 7) is 10.3. The predicted octanol–water partition coefficient (Wildman–Crippen LogP) is 1.75. The van der Waals surface area contributed by atoms with Gasteiger partial charge in [-0.3, -0.25) is 0 Å². The van der Waals surface area contributed by atoms with Crippen molar-refractivity contribution in [1.82, 2.24) is 5.32 Å². The van der Waals surface area contributed by atoms with Crippen LogP contribution in [0.3, 0.4) is 0 Å². The first-order valence-corrected chi connectivity index (χ1v) is 4.29. The van der Waals surface area contributed by atoms with Crippen LogP contribution in [0.4, 0.5) is 0 Å². The summed E-state index contributed by atoms with van der Waals surface area (Å²) in [5, 5.41) is 3.03. The Bertz CT molecular complexity index is 72.1. The van der Waals surface area contributed by atoms with Gasteiger partial charge >= 0.3 is 0 Å². The quantitative estimate of drug-likeness (QED) is 0.646. The molecule has 0 aliphatic carbocycles. The predicted molar refractivity (Wildman–Crippen MR) is 52.8 cm³/mol. The van der Waals surface area contributed by atoms with Gasteiger partial charge in [0, 0.05) is 11.6 Å². The molecule has 0 aromatic carbocycles. The van der Waals surface area contributed by atoms with Crippen molar-refractivity contribution in [1.29, 1.82) is 0 Å². The van der Waals surface area contributed by atoms with E-state index in [0.717, 1.165) is 6.42 Å². The average molecular weight is 160 g/mol. The fraction of sp³-hybridized carbons (Fsp3) is 1.00. The third-order valence-corrected chi connectivity index (χ3v) is 1.49. The lowest BCUT2D eigenvalue weighted by Crippen LogP contribution is -2.30. The Morgan fingerprint density at radius 2 is 1.55 bits per heavy atom. The molecule has 2 nitrogen and oxygen atoms in total. The molecule has 0 radical (unpaired) electrons. The molecule has 0 spiro atoms. The van der Waals surface area contributed by atoms with Crippen LogP contribution >= 0.6 is 0 Å². The third-order valence-electron chi connectivity index (χ3n) is 1.49. The van der Waals surface area contributed by atoms with Crippen molar-refractivity contribution in [2.75, 3.05) is 7.05 Å². The van der Waals surface area contributed by atoms with E-state index in [0.29, 0.717) is 6.04 Å². The molecule has 0 unspecified atom stereocenters. The molecule has 2 heteroatoms. The molecule has 0 aliphatic rings. The summed E-state index contributed by atoms with van der Waals surface area (Å²) in [4.78, 5) is 0. The van der Waals surface area contributed by atoms with Crippen LogP contribution in [0.5, 0.6) is 0 Å². The van der Waals surface area contributed by atoms with Crippen LogP contribution in [-0.4, -0.2) is 18.6 Å². The fourth-order valence-electron chi connectivity index (χ4n) is 0. The highest BCUT2D eigenvalue weighted by atomic mass is 14.8. The van der Waals surface area contributed by atoms with Crippen molar-refractivity contribution in [2.24, 2.45) is 5.73 Å². The zero-order chi connectivity index (χ0) is 9.49. The Balaban J connectivity index is 0. The zero-order valence-corrected chi connectivity index (χ0v) is 8.86. The van der Waals surface area contributed by atoms with Crippen molar-refractivity contribution in [3.63, 3.8) is 0 Å². The Morgan fingerprint density at radius 3 is 1.55 bits per heavy atom. The van der Waals surface area contributed by atoms with E-state index < -0.39 is 0 Å². The third kappa shape index (κ3) is 25.7. The van der Waals surface area contributed by atoms with E-state index in [1.165, 1.54) is 0 Å². The van der Waals surface area contributed by atoms with Crippen LogP contribution in [0.25, 0.3) is 0 Å². The van der Waals surface area contributed by atoms with Gasteiger partial charge in [-0.2, -0.15) is 0 Å².